The number of benzene rings is 3. The zero-order valence-electron chi connectivity index (χ0n) is 14.1. The number of carbonyl (C=O) groups is 2. The summed E-state index contributed by atoms with van der Waals surface area (Å²) in [4.78, 5) is 26.0. The molecule has 0 aliphatic heterocycles. The summed E-state index contributed by atoms with van der Waals surface area (Å²) in [5, 5.41) is 4.88. The van der Waals surface area contributed by atoms with E-state index in [9.17, 15) is 9.59 Å². The van der Waals surface area contributed by atoms with Gasteiger partial charge in [-0.2, -0.15) is 0 Å². The lowest BCUT2D eigenvalue weighted by molar-refractivity contribution is -0.124. The van der Waals surface area contributed by atoms with Crippen molar-refractivity contribution in [3.8, 4) is 0 Å². The summed E-state index contributed by atoms with van der Waals surface area (Å²) in [6.45, 7) is -0.0189. The number of carbonyl (C=O) groups excluding carboxylic acids is 2. The summed E-state index contributed by atoms with van der Waals surface area (Å²) < 4.78 is 0. The Morgan fingerprint density at radius 2 is 1.56 bits per heavy atom. The average molecular weight is 332 g/mol. The molecule has 0 saturated carbocycles. The molecule has 0 atom stereocenters. The first-order chi connectivity index (χ1) is 12.1. The number of amides is 2. The second kappa shape index (κ2) is 7.62. The summed E-state index contributed by atoms with van der Waals surface area (Å²) in [5.41, 5.74) is 1.76. The van der Waals surface area contributed by atoms with Crippen molar-refractivity contribution in [1.82, 2.24) is 5.32 Å². The van der Waals surface area contributed by atoms with Gasteiger partial charge in [-0.05, 0) is 28.5 Å². The first-order valence-electron chi connectivity index (χ1n) is 8.20. The highest BCUT2D eigenvalue weighted by atomic mass is 16.2. The van der Waals surface area contributed by atoms with Crippen molar-refractivity contribution in [1.29, 1.82) is 0 Å². The molecule has 1 N–H and O–H groups in total. The van der Waals surface area contributed by atoms with Gasteiger partial charge in [0.05, 0.1) is 13.0 Å². The number of rotatable bonds is 5. The molecule has 0 saturated heterocycles. The van der Waals surface area contributed by atoms with Gasteiger partial charge in [0, 0.05) is 12.7 Å². The number of nitrogens with one attached hydrogen (secondary N) is 1. The Kier molecular flexibility index (Phi) is 5.09. The standard InChI is InChI=1S/C21H20N2O2/c1-23(18-11-3-2-4-12-18)21(25)15-22-20(24)14-17-10-7-9-16-8-5-6-13-19(16)17/h2-13H,14-15H2,1H3,(H,22,24). The van der Waals surface area contributed by atoms with Gasteiger partial charge in [0.1, 0.15) is 0 Å². The van der Waals surface area contributed by atoms with Crippen molar-refractivity contribution in [2.75, 3.05) is 18.5 Å². The predicted octanol–water partition coefficient (Wildman–Crippen LogP) is 3.16. The number of fused-ring (bicyclic) bond motifs is 1. The molecule has 2 amide bonds. The molecule has 0 spiro atoms. The largest absolute Gasteiger partial charge is 0.347 e. The quantitative estimate of drug-likeness (QED) is 0.780. The van der Waals surface area contributed by atoms with Crippen molar-refractivity contribution in [2.24, 2.45) is 0 Å². The molecule has 4 heteroatoms. The molecule has 0 heterocycles. The Balaban J connectivity index is 1.60. The van der Waals surface area contributed by atoms with Gasteiger partial charge in [-0.1, -0.05) is 60.7 Å². The second-order valence-electron chi connectivity index (χ2n) is 5.88. The number of para-hydroxylation sites is 1. The van der Waals surface area contributed by atoms with Crippen LogP contribution in [0.1, 0.15) is 5.56 Å². The summed E-state index contributed by atoms with van der Waals surface area (Å²) in [6, 6.07) is 23.2. The highest BCUT2D eigenvalue weighted by Gasteiger charge is 2.13. The molecule has 0 unspecified atom stereocenters. The van der Waals surface area contributed by atoms with Gasteiger partial charge in [-0.25, -0.2) is 0 Å². The van der Waals surface area contributed by atoms with E-state index >= 15 is 0 Å². The van der Waals surface area contributed by atoms with Gasteiger partial charge < -0.3 is 10.2 Å². The molecule has 4 nitrogen and oxygen atoms in total. The van der Waals surface area contributed by atoms with E-state index < -0.39 is 0 Å². The van der Waals surface area contributed by atoms with Gasteiger partial charge in [-0.3, -0.25) is 9.59 Å². The van der Waals surface area contributed by atoms with Crippen molar-refractivity contribution in [2.45, 2.75) is 6.42 Å². The average Bonchev–Trinajstić information content (AvgIpc) is 2.66. The minimum absolute atomic E-state index is 0.0189. The SMILES string of the molecule is CN(C(=O)CNC(=O)Cc1cccc2ccccc12)c1ccccc1. The maximum absolute atomic E-state index is 12.2. The zero-order valence-corrected chi connectivity index (χ0v) is 14.1. The normalized spacial score (nSPS) is 10.4. The zero-order chi connectivity index (χ0) is 17.6. The number of hydrogen-bond donors (Lipinski definition) is 1. The third-order valence-corrected chi connectivity index (χ3v) is 4.19. The molecule has 3 rings (SSSR count). The monoisotopic (exact) mass is 332 g/mol. The van der Waals surface area contributed by atoms with Crippen LogP contribution in [0.3, 0.4) is 0 Å². The lowest BCUT2D eigenvalue weighted by Gasteiger charge is -2.17. The van der Waals surface area contributed by atoms with Gasteiger partial charge in [-0.15, -0.1) is 0 Å². The van der Waals surface area contributed by atoms with E-state index in [2.05, 4.69) is 5.32 Å². The van der Waals surface area contributed by atoms with E-state index in [1.807, 2.05) is 72.8 Å². The van der Waals surface area contributed by atoms with E-state index in [4.69, 9.17) is 0 Å². The van der Waals surface area contributed by atoms with Crippen LogP contribution in [0.5, 0.6) is 0 Å². The van der Waals surface area contributed by atoms with Crippen LogP contribution < -0.4 is 10.2 Å². The first-order valence-corrected chi connectivity index (χ1v) is 8.20. The Hall–Kier alpha value is -3.14. The Labute approximate surface area is 147 Å². The van der Waals surface area contributed by atoms with Crippen molar-refractivity contribution < 1.29 is 9.59 Å². The maximum Gasteiger partial charge on any atom is 0.246 e. The third-order valence-electron chi connectivity index (χ3n) is 4.19. The van der Waals surface area contributed by atoms with Crippen molar-refractivity contribution in [3.05, 3.63) is 78.4 Å². The molecule has 3 aromatic carbocycles. The molecular formula is C21H20N2O2. The summed E-state index contributed by atoms with van der Waals surface area (Å²) >= 11 is 0. The molecule has 126 valence electrons. The number of likely N-dealkylation sites (N-methyl/N-ethyl adjacent to an activating group) is 1. The van der Waals surface area contributed by atoms with Gasteiger partial charge in [0.2, 0.25) is 11.8 Å². The van der Waals surface area contributed by atoms with Crippen LogP contribution in [0, 0.1) is 0 Å². The topological polar surface area (TPSA) is 49.4 Å². The second-order valence-corrected chi connectivity index (χ2v) is 5.88. The van der Waals surface area contributed by atoms with E-state index in [1.54, 1.807) is 7.05 Å². The summed E-state index contributed by atoms with van der Waals surface area (Å²) in [7, 11) is 1.70. The van der Waals surface area contributed by atoms with E-state index in [0.717, 1.165) is 22.0 Å². The van der Waals surface area contributed by atoms with Crippen molar-refractivity contribution in [3.63, 3.8) is 0 Å². The van der Waals surface area contributed by atoms with E-state index in [-0.39, 0.29) is 24.8 Å². The molecule has 0 bridgehead atoms. The van der Waals surface area contributed by atoms with E-state index in [1.165, 1.54) is 4.90 Å². The Morgan fingerprint density at radius 3 is 2.36 bits per heavy atom. The van der Waals surface area contributed by atoms with Crippen LogP contribution in [0.4, 0.5) is 5.69 Å². The summed E-state index contributed by atoms with van der Waals surface area (Å²) in [5.74, 6) is -0.316. The highest BCUT2D eigenvalue weighted by Crippen LogP contribution is 2.18. The smallest absolute Gasteiger partial charge is 0.246 e. The molecule has 0 radical (unpaired) electrons. The summed E-state index contributed by atoms with van der Waals surface area (Å²) in [6.07, 6.45) is 0.254. The van der Waals surface area contributed by atoms with Crippen LogP contribution in [-0.2, 0) is 16.0 Å². The third kappa shape index (κ3) is 4.04. The Bertz CT molecular complexity index is 885. The number of nitrogens with zero attached hydrogens (tertiary/aromatic N) is 1. The predicted molar refractivity (Wildman–Crippen MR) is 101 cm³/mol. The van der Waals surface area contributed by atoms with Crippen LogP contribution in [-0.4, -0.2) is 25.4 Å². The van der Waals surface area contributed by atoms with Crippen LogP contribution in [0.15, 0.2) is 72.8 Å². The molecular weight excluding hydrogens is 312 g/mol. The van der Waals surface area contributed by atoms with Crippen LogP contribution in [0.2, 0.25) is 0 Å². The van der Waals surface area contributed by atoms with Gasteiger partial charge in [0.15, 0.2) is 0 Å². The molecule has 3 aromatic rings. The van der Waals surface area contributed by atoms with E-state index in [0.29, 0.717) is 0 Å². The molecule has 0 aliphatic carbocycles. The minimum atomic E-state index is -0.161. The minimum Gasteiger partial charge on any atom is -0.347 e. The molecule has 0 aliphatic rings. The first kappa shape index (κ1) is 16.7. The van der Waals surface area contributed by atoms with Crippen molar-refractivity contribution >= 4 is 28.3 Å². The Morgan fingerprint density at radius 1 is 0.880 bits per heavy atom. The van der Waals surface area contributed by atoms with Gasteiger partial charge in [0.25, 0.3) is 0 Å². The lowest BCUT2D eigenvalue weighted by atomic mass is 10.0. The fourth-order valence-corrected chi connectivity index (χ4v) is 2.77. The molecule has 0 aromatic heterocycles. The molecule has 0 fully saturated rings. The lowest BCUT2D eigenvalue weighted by Crippen LogP contribution is -2.38. The van der Waals surface area contributed by atoms with Gasteiger partial charge >= 0.3 is 0 Å². The maximum atomic E-state index is 12.2. The number of anilines is 1. The highest BCUT2D eigenvalue weighted by molar-refractivity contribution is 5.97. The molecule has 25 heavy (non-hydrogen) atoms. The fraction of sp³-hybridized carbons (Fsp3) is 0.143. The van der Waals surface area contributed by atoms with Crippen LogP contribution >= 0.6 is 0 Å². The number of hydrogen-bond acceptors (Lipinski definition) is 2. The fourth-order valence-electron chi connectivity index (χ4n) is 2.77. The van der Waals surface area contributed by atoms with Crippen LogP contribution in [0.25, 0.3) is 10.8 Å².